The Labute approximate surface area is 109 Å². The highest BCUT2D eigenvalue weighted by Gasteiger charge is 2.12. The molecule has 0 radical (unpaired) electrons. The van der Waals surface area contributed by atoms with Crippen LogP contribution < -0.4 is 15.8 Å². The monoisotopic (exact) mass is 252 g/mol. The predicted molar refractivity (Wildman–Crippen MR) is 75.1 cm³/mol. The van der Waals surface area contributed by atoms with Gasteiger partial charge in [0.1, 0.15) is 0 Å². The van der Waals surface area contributed by atoms with Crippen molar-refractivity contribution in [2.45, 2.75) is 26.8 Å². The molecule has 0 aromatic carbocycles. The van der Waals surface area contributed by atoms with E-state index < -0.39 is 0 Å². The molecule has 1 aromatic rings. The van der Waals surface area contributed by atoms with Gasteiger partial charge in [-0.3, -0.25) is 4.79 Å². The zero-order chi connectivity index (χ0) is 13.5. The number of nitrogens with zero attached hydrogens (tertiary/aromatic N) is 3. The Kier molecular flexibility index (Phi) is 5.85. The molecule has 0 aliphatic carbocycles. The van der Waals surface area contributed by atoms with E-state index >= 15 is 0 Å². The molecule has 1 rings (SSSR count). The maximum Gasteiger partial charge on any atom is 0.293 e. The fourth-order valence-corrected chi connectivity index (χ4v) is 2.08. The fourth-order valence-electron chi connectivity index (χ4n) is 2.08. The van der Waals surface area contributed by atoms with E-state index in [1.54, 1.807) is 17.0 Å². The molecule has 0 saturated heterocycles. The molecular formula is C13H24N4O. The lowest BCUT2D eigenvalue weighted by Crippen LogP contribution is -2.35. The summed E-state index contributed by atoms with van der Waals surface area (Å²) in [6, 6.07) is 0. The molecule has 18 heavy (non-hydrogen) atoms. The van der Waals surface area contributed by atoms with Gasteiger partial charge in [-0.1, -0.05) is 13.8 Å². The van der Waals surface area contributed by atoms with Crippen LogP contribution in [0.2, 0.25) is 0 Å². The van der Waals surface area contributed by atoms with Gasteiger partial charge in [-0.25, -0.2) is 4.98 Å². The van der Waals surface area contributed by atoms with E-state index in [2.05, 4.69) is 24.1 Å². The van der Waals surface area contributed by atoms with Crippen molar-refractivity contribution in [3.63, 3.8) is 0 Å². The van der Waals surface area contributed by atoms with E-state index in [1.807, 2.05) is 19.0 Å². The maximum atomic E-state index is 12.2. The lowest BCUT2D eigenvalue weighted by molar-refractivity contribution is 0.538. The van der Waals surface area contributed by atoms with E-state index in [0.29, 0.717) is 11.7 Å². The van der Waals surface area contributed by atoms with Crippen LogP contribution in [-0.4, -0.2) is 36.7 Å². The van der Waals surface area contributed by atoms with E-state index in [1.165, 1.54) is 0 Å². The fraction of sp³-hybridized carbons (Fsp3) is 0.692. The van der Waals surface area contributed by atoms with E-state index in [-0.39, 0.29) is 5.56 Å². The summed E-state index contributed by atoms with van der Waals surface area (Å²) in [6.07, 6.45) is 4.40. The number of hydrogen-bond acceptors (Lipinski definition) is 4. The molecule has 102 valence electrons. The summed E-state index contributed by atoms with van der Waals surface area (Å²) in [4.78, 5) is 18.3. The smallest absolute Gasteiger partial charge is 0.293 e. The SMILES string of the molecule is CCCn1ccnc(N(C)CC(C)CNC)c1=O. The minimum atomic E-state index is -0.00138. The largest absolute Gasteiger partial charge is 0.355 e. The van der Waals surface area contributed by atoms with E-state index in [9.17, 15) is 4.79 Å². The molecule has 1 heterocycles. The number of hydrogen-bond donors (Lipinski definition) is 1. The second kappa shape index (κ2) is 7.16. The van der Waals surface area contributed by atoms with Crippen LogP contribution in [0.1, 0.15) is 20.3 Å². The molecule has 1 atom stereocenters. The summed E-state index contributed by atoms with van der Waals surface area (Å²) in [5.41, 5.74) is -0.00138. The molecule has 0 bridgehead atoms. The standard InChI is InChI=1S/C13H24N4O/c1-5-7-17-8-6-15-12(13(17)18)16(4)10-11(2)9-14-3/h6,8,11,14H,5,7,9-10H2,1-4H3. The number of rotatable bonds is 7. The van der Waals surface area contributed by atoms with Crippen molar-refractivity contribution in [2.24, 2.45) is 5.92 Å². The van der Waals surface area contributed by atoms with Crippen LogP contribution in [0, 0.1) is 5.92 Å². The Bertz CT molecular complexity index is 416. The Morgan fingerprint density at radius 1 is 1.56 bits per heavy atom. The first-order valence-electron chi connectivity index (χ1n) is 6.51. The van der Waals surface area contributed by atoms with E-state index in [0.717, 1.165) is 26.1 Å². The Morgan fingerprint density at radius 3 is 2.89 bits per heavy atom. The summed E-state index contributed by atoms with van der Waals surface area (Å²) in [6.45, 7) is 6.71. The van der Waals surface area contributed by atoms with Crippen molar-refractivity contribution in [1.82, 2.24) is 14.9 Å². The average molecular weight is 252 g/mol. The maximum absolute atomic E-state index is 12.2. The molecule has 5 nitrogen and oxygen atoms in total. The minimum absolute atomic E-state index is 0.00138. The molecule has 0 fully saturated rings. The first-order chi connectivity index (χ1) is 8.60. The van der Waals surface area contributed by atoms with Crippen molar-refractivity contribution in [2.75, 3.05) is 32.1 Å². The van der Waals surface area contributed by atoms with Gasteiger partial charge in [-0.2, -0.15) is 0 Å². The van der Waals surface area contributed by atoms with Crippen molar-refractivity contribution >= 4 is 5.82 Å². The van der Waals surface area contributed by atoms with Crippen LogP contribution in [0.5, 0.6) is 0 Å². The normalized spacial score (nSPS) is 12.4. The zero-order valence-electron chi connectivity index (χ0n) is 11.8. The summed E-state index contributed by atoms with van der Waals surface area (Å²) in [7, 11) is 3.86. The number of aromatic nitrogens is 2. The topological polar surface area (TPSA) is 50.2 Å². The van der Waals surface area contributed by atoms with Gasteiger partial charge < -0.3 is 14.8 Å². The van der Waals surface area contributed by atoms with Gasteiger partial charge in [0.05, 0.1) is 0 Å². The van der Waals surface area contributed by atoms with Crippen molar-refractivity contribution in [1.29, 1.82) is 0 Å². The van der Waals surface area contributed by atoms with Crippen LogP contribution in [-0.2, 0) is 6.54 Å². The minimum Gasteiger partial charge on any atom is -0.355 e. The van der Waals surface area contributed by atoms with Crippen molar-refractivity contribution in [3.8, 4) is 0 Å². The number of aryl methyl sites for hydroxylation is 1. The van der Waals surface area contributed by atoms with Crippen LogP contribution in [0.15, 0.2) is 17.2 Å². The van der Waals surface area contributed by atoms with Crippen LogP contribution in [0.25, 0.3) is 0 Å². The lowest BCUT2D eigenvalue weighted by Gasteiger charge is -2.22. The zero-order valence-corrected chi connectivity index (χ0v) is 11.8. The lowest BCUT2D eigenvalue weighted by atomic mass is 10.2. The molecule has 0 aliphatic rings. The number of anilines is 1. The summed E-state index contributed by atoms with van der Waals surface area (Å²) in [5, 5.41) is 3.14. The quantitative estimate of drug-likeness (QED) is 0.785. The van der Waals surface area contributed by atoms with Crippen LogP contribution in [0.4, 0.5) is 5.82 Å². The third-order valence-corrected chi connectivity index (χ3v) is 2.86. The molecule has 0 aliphatic heterocycles. The molecule has 0 saturated carbocycles. The third kappa shape index (κ3) is 3.84. The average Bonchev–Trinajstić information content (AvgIpc) is 2.32. The highest BCUT2D eigenvalue weighted by Crippen LogP contribution is 2.04. The van der Waals surface area contributed by atoms with Crippen LogP contribution >= 0.6 is 0 Å². The van der Waals surface area contributed by atoms with E-state index in [4.69, 9.17) is 0 Å². The Balaban J connectivity index is 2.82. The highest BCUT2D eigenvalue weighted by molar-refractivity contribution is 5.34. The first-order valence-corrected chi connectivity index (χ1v) is 6.51. The van der Waals surface area contributed by atoms with Gasteiger partial charge in [0.2, 0.25) is 0 Å². The van der Waals surface area contributed by atoms with Gasteiger partial charge in [0.15, 0.2) is 5.82 Å². The predicted octanol–water partition coefficient (Wildman–Crippen LogP) is 0.945. The molecular weight excluding hydrogens is 228 g/mol. The van der Waals surface area contributed by atoms with Gasteiger partial charge in [-0.05, 0) is 25.9 Å². The molecule has 1 aromatic heterocycles. The summed E-state index contributed by atoms with van der Waals surface area (Å²) in [5.74, 6) is 1.01. The van der Waals surface area contributed by atoms with Gasteiger partial charge in [0.25, 0.3) is 5.56 Å². The number of nitrogens with one attached hydrogen (secondary N) is 1. The first kappa shape index (κ1) is 14.7. The van der Waals surface area contributed by atoms with Crippen molar-refractivity contribution < 1.29 is 0 Å². The Morgan fingerprint density at radius 2 is 2.28 bits per heavy atom. The van der Waals surface area contributed by atoms with Crippen LogP contribution in [0.3, 0.4) is 0 Å². The molecule has 1 unspecified atom stereocenters. The Hall–Kier alpha value is -1.36. The second-order valence-corrected chi connectivity index (χ2v) is 4.79. The summed E-state index contributed by atoms with van der Waals surface area (Å²) < 4.78 is 1.72. The highest BCUT2D eigenvalue weighted by atomic mass is 16.1. The third-order valence-electron chi connectivity index (χ3n) is 2.86. The molecule has 5 heteroatoms. The second-order valence-electron chi connectivity index (χ2n) is 4.79. The van der Waals surface area contributed by atoms with Gasteiger partial charge >= 0.3 is 0 Å². The molecule has 0 amide bonds. The summed E-state index contributed by atoms with van der Waals surface area (Å²) >= 11 is 0. The van der Waals surface area contributed by atoms with Crippen molar-refractivity contribution in [3.05, 3.63) is 22.7 Å². The molecule has 1 N–H and O–H groups in total. The molecule has 0 spiro atoms. The van der Waals surface area contributed by atoms with Gasteiger partial charge in [0, 0.05) is 32.5 Å². The van der Waals surface area contributed by atoms with Gasteiger partial charge in [-0.15, -0.1) is 0 Å².